The van der Waals surface area contributed by atoms with Crippen LogP contribution >= 0.6 is 12.2 Å². The Labute approximate surface area is 120 Å². The molecular weight excluding hydrogens is 258 g/mol. The zero-order valence-electron chi connectivity index (χ0n) is 12.1. The van der Waals surface area contributed by atoms with Crippen molar-refractivity contribution in [2.24, 2.45) is 12.8 Å². The standard InChI is InChI=1S/C13H23N5S/c1-8(17(3)10-5-6-10)7-15-13-11(12(14)19)9(2)16-18(13)4/h8,10,15H,5-7H2,1-4H3,(H2,14,19). The van der Waals surface area contributed by atoms with E-state index in [1.807, 2.05) is 18.7 Å². The summed E-state index contributed by atoms with van der Waals surface area (Å²) in [5, 5.41) is 7.81. The number of hydrogen-bond acceptors (Lipinski definition) is 4. The van der Waals surface area contributed by atoms with Crippen molar-refractivity contribution in [3.63, 3.8) is 0 Å². The van der Waals surface area contributed by atoms with Crippen LogP contribution in [0, 0.1) is 6.92 Å². The molecule has 0 radical (unpaired) electrons. The van der Waals surface area contributed by atoms with Crippen molar-refractivity contribution >= 4 is 23.0 Å². The second kappa shape index (κ2) is 5.46. The first-order valence-corrected chi connectivity index (χ1v) is 7.11. The number of hydrogen-bond donors (Lipinski definition) is 2. The predicted octanol–water partition coefficient (Wildman–Crippen LogP) is 1.26. The lowest BCUT2D eigenvalue weighted by atomic mass is 10.2. The van der Waals surface area contributed by atoms with E-state index in [1.54, 1.807) is 0 Å². The molecule has 1 heterocycles. The minimum atomic E-state index is 0.399. The van der Waals surface area contributed by atoms with Gasteiger partial charge in [-0.2, -0.15) is 5.10 Å². The van der Waals surface area contributed by atoms with Crippen LogP contribution < -0.4 is 11.1 Å². The Morgan fingerprint density at radius 2 is 2.26 bits per heavy atom. The summed E-state index contributed by atoms with van der Waals surface area (Å²) in [6.07, 6.45) is 2.65. The minimum Gasteiger partial charge on any atom is -0.389 e. The second-order valence-corrected chi connectivity index (χ2v) is 5.86. The van der Waals surface area contributed by atoms with Crippen LogP contribution in [-0.2, 0) is 7.05 Å². The van der Waals surface area contributed by atoms with Crippen LogP contribution in [-0.4, -0.2) is 45.3 Å². The van der Waals surface area contributed by atoms with Gasteiger partial charge in [0.15, 0.2) is 0 Å². The van der Waals surface area contributed by atoms with Crippen LogP contribution in [0.2, 0.25) is 0 Å². The number of rotatable bonds is 6. The summed E-state index contributed by atoms with van der Waals surface area (Å²) in [6, 6.07) is 1.24. The maximum absolute atomic E-state index is 5.78. The minimum absolute atomic E-state index is 0.399. The average Bonchev–Trinajstić information content (AvgIpc) is 3.11. The van der Waals surface area contributed by atoms with Gasteiger partial charge in [0.05, 0.1) is 11.3 Å². The molecule has 0 saturated heterocycles. The molecular formula is C13H23N5S. The molecule has 1 saturated carbocycles. The van der Waals surface area contributed by atoms with E-state index in [0.29, 0.717) is 11.0 Å². The molecule has 0 bridgehead atoms. The van der Waals surface area contributed by atoms with Gasteiger partial charge < -0.3 is 11.1 Å². The van der Waals surface area contributed by atoms with E-state index in [0.717, 1.165) is 29.7 Å². The van der Waals surface area contributed by atoms with Gasteiger partial charge in [-0.15, -0.1) is 0 Å². The number of aryl methyl sites for hydroxylation is 2. The number of thiocarbonyl (C=S) groups is 1. The van der Waals surface area contributed by atoms with E-state index in [9.17, 15) is 0 Å². The molecule has 1 aliphatic carbocycles. The summed E-state index contributed by atoms with van der Waals surface area (Å²) in [6.45, 7) is 5.02. The molecule has 1 aromatic heterocycles. The summed E-state index contributed by atoms with van der Waals surface area (Å²) in [5.41, 5.74) is 7.52. The molecule has 1 aliphatic rings. The highest BCUT2D eigenvalue weighted by atomic mass is 32.1. The van der Waals surface area contributed by atoms with Crippen molar-refractivity contribution < 1.29 is 0 Å². The third-order valence-corrected chi connectivity index (χ3v) is 4.06. The molecule has 1 fully saturated rings. The summed E-state index contributed by atoms with van der Waals surface area (Å²) in [4.78, 5) is 2.83. The first kappa shape index (κ1) is 14.3. The average molecular weight is 281 g/mol. The first-order chi connectivity index (χ1) is 8.91. The number of nitrogens with one attached hydrogen (secondary N) is 1. The molecule has 1 atom stereocenters. The maximum Gasteiger partial charge on any atom is 0.134 e. The molecule has 3 N–H and O–H groups in total. The molecule has 6 heteroatoms. The van der Waals surface area contributed by atoms with Crippen LogP contribution in [0.3, 0.4) is 0 Å². The van der Waals surface area contributed by atoms with E-state index < -0.39 is 0 Å². The molecule has 2 rings (SSSR count). The van der Waals surface area contributed by atoms with E-state index >= 15 is 0 Å². The van der Waals surface area contributed by atoms with Crippen molar-refractivity contribution in [3.05, 3.63) is 11.3 Å². The molecule has 0 spiro atoms. The Bertz CT molecular complexity index is 478. The van der Waals surface area contributed by atoms with Gasteiger partial charge in [0.25, 0.3) is 0 Å². The monoisotopic (exact) mass is 281 g/mol. The normalized spacial score (nSPS) is 16.7. The SMILES string of the molecule is Cc1nn(C)c(NCC(C)N(C)C2CC2)c1C(N)=S. The van der Waals surface area contributed by atoms with Crippen LogP contribution in [0.25, 0.3) is 0 Å². The molecule has 5 nitrogen and oxygen atoms in total. The van der Waals surface area contributed by atoms with Gasteiger partial charge in [0, 0.05) is 25.7 Å². The zero-order chi connectivity index (χ0) is 14.2. The quantitative estimate of drug-likeness (QED) is 0.769. The van der Waals surface area contributed by atoms with Crippen molar-refractivity contribution in [1.82, 2.24) is 14.7 Å². The maximum atomic E-state index is 5.78. The molecule has 0 aliphatic heterocycles. The lowest BCUT2D eigenvalue weighted by Crippen LogP contribution is -2.36. The number of aromatic nitrogens is 2. The van der Waals surface area contributed by atoms with Gasteiger partial charge >= 0.3 is 0 Å². The van der Waals surface area contributed by atoms with Crippen LogP contribution in [0.15, 0.2) is 0 Å². The molecule has 19 heavy (non-hydrogen) atoms. The smallest absolute Gasteiger partial charge is 0.134 e. The number of anilines is 1. The van der Waals surface area contributed by atoms with Gasteiger partial charge in [-0.25, -0.2) is 0 Å². The highest BCUT2D eigenvalue weighted by Crippen LogP contribution is 2.27. The second-order valence-electron chi connectivity index (χ2n) is 5.42. The van der Waals surface area contributed by atoms with E-state index in [4.69, 9.17) is 18.0 Å². The highest BCUT2D eigenvalue weighted by Gasteiger charge is 2.29. The number of nitrogens with two attached hydrogens (primary N) is 1. The van der Waals surface area contributed by atoms with Crippen molar-refractivity contribution in [2.45, 2.75) is 38.8 Å². The topological polar surface area (TPSA) is 59.1 Å². The van der Waals surface area contributed by atoms with Gasteiger partial charge in [0.2, 0.25) is 0 Å². The van der Waals surface area contributed by atoms with Crippen LogP contribution in [0.1, 0.15) is 31.0 Å². The molecule has 1 unspecified atom stereocenters. The summed E-state index contributed by atoms with van der Waals surface area (Å²) in [7, 11) is 4.10. The van der Waals surface area contributed by atoms with Gasteiger partial charge in [-0.1, -0.05) is 12.2 Å². The molecule has 106 valence electrons. The van der Waals surface area contributed by atoms with E-state index in [2.05, 4.69) is 29.3 Å². The Balaban J connectivity index is 2.04. The Morgan fingerprint density at radius 1 is 1.63 bits per heavy atom. The highest BCUT2D eigenvalue weighted by molar-refractivity contribution is 7.80. The fourth-order valence-corrected chi connectivity index (χ4v) is 2.63. The summed E-state index contributed by atoms with van der Waals surface area (Å²) >= 11 is 5.11. The largest absolute Gasteiger partial charge is 0.389 e. The molecule has 0 aromatic carbocycles. The van der Waals surface area contributed by atoms with Crippen molar-refractivity contribution in [1.29, 1.82) is 0 Å². The fourth-order valence-electron chi connectivity index (χ4n) is 2.39. The fraction of sp³-hybridized carbons (Fsp3) is 0.692. The Morgan fingerprint density at radius 3 is 2.79 bits per heavy atom. The number of likely N-dealkylation sites (N-methyl/N-ethyl adjacent to an activating group) is 1. The van der Waals surface area contributed by atoms with Crippen LogP contribution in [0.5, 0.6) is 0 Å². The third-order valence-electron chi connectivity index (χ3n) is 3.85. The first-order valence-electron chi connectivity index (χ1n) is 6.71. The molecule has 1 aromatic rings. The molecule has 0 amide bonds. The summed E-state index contributed by atoms with van der Waals surface area (Å²) < 4.78 is 1.81. The Hall–Kier alpha value is -1.14. The van der Waals surface area contributed by atoms with Crippen LogP contribution in [0.4, 0.5) is 5.82 Å². The lowest BCUT2D eigenvalue weighted by molar-refractivity contribution is 0.257. The van der Waals surface area contributed by atoms with E-state index in [-0.39, 0.29) is 0 Å². The Kier molecular flexibility index (Phi) is 4.10. The third kappa shape index (κ3) is 3.06. The van der Waals surface area contributed by atoms with Gasteiger partial charge in [0.1, 0.15) is 10.8 Å². The lowest BCUT2D eigenvalue weighted by Gasteiger charge is -2.25. The van der Waals surface area contributed by atoms with Crippen molar-refractivity contribution in [2.75, 3.05) is 18.9 Å². The summed E-state index contributed by atoms with van der Waals surface area (Å²) in [5.74, 6) is 0.918. The van der Waals surface area contributed by atoms with E-state index in [1.165, 1.54) is 12.8 Å². The van der Waals surface area contributed by atoms with Crippen molar-refractivity contribution in [3.8, 4) is 0 Å². The zero-order valence-corrected chi connectivity index (χ0v) is 12.9. The van der Waals surface area contributed by atoms with Gasteiger partial charge in [-0.05, 0) is 33.7 Å². The predicted molar refractivity (Wildman–Crippen MR) is 82.6 cm³/mol. The van der Waals surface area contributed by atoms with Gasteiger partial charge in [-0.3, -0.25) is 9.58 Å². The number of nitrogens with zero attached hydrogens (tertiary/aromatic N) is 3.